The first kappa shape index (κ1) is 15.2. The fraction of sp³-hybridized carbons (Fsp3) is 0.462. The Kier molecular flexibility index (Phi) is 4.37. The third-order valence-corrected chi connectivity index (χ3v) is 3.40. The largest absolute Gasteiger partial charge is 0.465 e. The van der Waals surface area contributed by atoms with Gasteiger partial charge in [-0.2, -0.15) is 0 Å². The predicted octanol–water partition coefficient (Wildman–Crippen LogP) is 2.11. The number of nitrogens with zero attached hydrogens (tertiary/aromatic N) is 1. The Balaban J connectivity index is 2.40. The zero-order valence-electron chi connectivity index (χ0n) is 11.6. The van der Waals surface area contributed by atoms with Crippen molar-refractivity contribution in [2.75, 3.05) is 19.0 Å². The van der Waals surface area contributed by atoms with Gasteiger partial charge in [0.15, 0.2) is 0 Å². The van der Waals surface area contributed by atoms with Gasteiger partial charge in [0.2, 0.25) is 0 Å². The van der Waals surface area contributed by atoms with E-state index >= 15 is 0 Å². The van der Waals surface area contributed by atoms with Gasteiger partial charge in [0.25, 0.3) is 5.69 Å². The van der Waals surface area contributed by atoms with Gasteiger partial charge in [0.05, 0.1) is 35.8 Å². The van der Waals surface area contributed by atoms with Crippen molar-refractivity contribution in [3.05, 3.63) is 33.6 Å². The molecular formula is C13H15FN2O5. The number of ether oxygens (including phenoxy) is 2. The molecule has 0 radical (unpaired) electrons. The highest BCUT2D eigenvalue weighted by Gasteiger charge is 2.28. The molecule has 1 aliphatic rings. The third-order valence-electron chi connectivity index (χ3n) is 3.40. The van der Waals surface area contributed by atoms with Gasteiger partial charge in [-0.15, -0.1) is 0 Å². The van der Waals surface area contributed by atoms with E-state index < -0.39 is 22.4 Å². The first-order chi connectivity index (χ1) is 9.93. The predicted molar refractivity (Wildman–Crippen MR) is 71.8 cm³/mol. The summed E-state index contributed by atoms with van der Waals surface area (Å²) in [6.45, 7) is 2.37. The summed E-state index contributed by atoms with van der Waals surface area (Å²) in [7, 11) is 1.11. The Hall–Kier alpha value is -2.22. The van der Waals surface area contributed by atoms with E-state index in [1.807, 2.05) is 6.92 Å². The molecule has 0 bridgehead atoms. The monoisotopic (exact) mass is 298 g/mol. The highest BCUT2D eigenvalue weighted by molar-refractivity contribution is 5.92. The van der Waals surface area contributed by atoms with Crippen molar-refractivity contribution < 1.29 is 23.6 Å². The lowest BCUT2D eigenvalue weighted by molar-refractivity contribution is -0.384. The second kappa shape index (κ2) is 6.04. The number of nitrogens with one attached hydrogen (secondary N) is 1. The van der Waals surface area contributed by atoms with E-state index in [0.29, 0.717) is 13.0 Å². The molecule has 2 rings (SSSR count). The number of halogens is 1. The molecule has 0 aromatic heterocycles. The first-order valence-corrected chi connectivity index (χ1v) is 6.38. The molecule has 1 aromatic rings. The van der Waals surface area contributed by atoms with Gasteiger partial charge >= 0.3 is 5.97 Å². The number of hydrogen-bond acceptors (Lipinski definition) is 6. The van der Waals surface area contributed by atoms with Crippen molar-refractivity contribution in [2.24, 2.45) is 0 Å². The molecule has 2 unspecified atom stereocenters. The summed E-state index contributed by atoms with van der Waals surface area (Å²) in [6.07, 6.45) is 0.541. The van der Waals surface area contributed by atoms with Crippen LogP contribution in [0.1, 0.15) is 23.7 Å². The zero-order chi connectivity index (χ0) is 15.6. The van der Waals surface area contributed by atoms with E-state index in [1.165, 1.54) is 0 Å². The van der Waals surface area contributed by atoms with E-state index in [-0.39, 0.29) is 23.4 Å². The molecule has 114 valence electrons. The summed E-state index contributed by atoms with van der Waals surface area (Å²) in [5.74, 6) is -1.88. The van der Waals surface area contributed by atoms with E-state index in [4.69, 9.17) is 4.74 Å². The molecule has 1 aliphatic heterocycles. The summed E-state index contributed by atoms with van der Waals surface area (Å²) in [4.78, 5) is 21.8. The molecule has 0 spiro atoms. The Morgan fingerprint density at radius 3 is 2.81 bits per heavy atom. The quantitative estimate of drug-likeness (QED) is 0.520. The lowest BCUT2D eigenvalue weighted by Gasteiger charge is -2.18. The lowest BCUT2D eigenvalue weighted by Crippen LogP contribution is -2.27. The summed E-state index contributed by atoms with van der Waals surface area (Å²) in [6, 6.07) is 1.68. The number of methoxy groups -OCH3 is 1. The second-order valence-electron chi connectivity index (χ2n) is 4.71. The maximum Gasteiger partial charge on any atom is 0.340 e. The van der Waals surface area contributed by atoms with Crippen LogP contribution < -0.4 is 5.32 Å². The first-order valence-electron chi connectivity index (χ1n) is 6.38. The van der Waals surface area contributed by atoms with Crippen molar-refractivity contribution in [3.8, 4) is 0 Å². The van der Waals surface area contributed by atoms with Crippen LogP contribution in [-0.4, -0.2) is 36.8 Å². The van der Waals surface area contributed by atoms with Gasteiger partial charge in [0, 0.05) is 6.61 Å². The maximum atomic E-state index is 13.8. The third kappa shape index (κ3) is 3.10. The zero-order valence-corrected chi connectivity index (χ0v) is 11.6. The molecule has 1 heterocycles. The summed E-state index contributed by atoms with van der Waals surface area (Å²) < 4.78 is 23.6. The van der Waals surface area contributed by atoms with Crippen molar-refractivity contribution in [3.63, 3.8) is 0 Å². The standard InChI is InChI=1S/C13H15FN2O5/c1-7-10(3-4-21-7)15-11-5-8(13(17)20-2)9(14)6-12(11)16(18)19/h5-7,10,15H,3-4H2,1-2H3. The fourth-order valence-electron chi connectivity index (χ4n) is 2.22. The summed E-state index contributed by atoms with van der Waals surface area (Å²) in [5.41, 5.74) is -0.708. The number of hydrogen-bond donors (Lipinski definition) is 1. The number of carbonyl (C=O) groups is 1. The molecule has 1 N–H and O–H groups in total. The van der Waals surface area contributed by atoms with Crippen LogP contribution >= 0.6 is 0 Å². The van der Waals surface area contributed by atoms with E-state index in [1.54, 1.807) is 0 Å². The van der Waals surface area contributed by atoms with Gasteiger partial charge in [-0.25, -0.2) is 9.18 Å². The molecule has 1 fully saturated rings. The number of nitro groups is 1. The smallest absolute Gasteiger partial charge is 0.340 e. The van der Waals surface area contributed by atoms with Crippen molar-refractivity contribution in [1.29, 1.82) is 0 Å². The van der Waals surface area contributed by atoms with Crippen LogP contribution in [-0.2, 0) is 9.47 Å². The average molecular weight is 298 g/mol. The average Bonchev–Trinajstić information content (AvgIpc) is 2.84. The highest BCUT2D eigenvalue weighted by atomic mass is 19.1. The van der Waals surface area contributed by atoms with Gasteiger partial charge in [0.1, 0.15) is 11.5 Å². The van der Waals surface area contributed by atoms with Crippen LogP contribution in [0.2, 0.25) is 0 Å². The number of rotatable bonds is 4. The minimum Gasteiger partial charge on any atom is -0.465 e. The Bertz CT molecular complexity index is 578. The van der Waals surface area contributed by atoms with Gasteiger partial charge in [-0.1, -0.05) is 0 Å². The van der Waals surface area contributed by atoms with Crippen LogP contribution in [0.5, 0.6) is 0 Å². The topological polar surface area (TPSA) is 90.7 Å². The minimum absolute atomic E-state index is 0.0733. The molecule has 0 amide bonds. The lowest BCUT2D eigenvalue weighted by atomic mass is 10.1. The minimum atomic E-state index is -0.991. The van der Waals surface area contributed by atoms with Gasteiger partial charge in [-0.05, 0) is 19.4 Å². The van der Waals surface area contributed by atoms with Gasteiger partial charge in [-0.3, -0.25) is 10.1 Å². The molecule has 8 heteroatoms. The van der Waals surface area contributed by atoms with E-state index in [0.717, 1.165) is 19.2 Å². The molecule has 7 nitrogen and oxygen atoms in total. The summed E-state index contributed by atoms with van der Waals surface area (Å²) >= 11 is 0. The molecule has 2 atom stereocenters. The van der Waals surface area contributed by atoms with Crippen LogP contribution in [0.25, 0.3) is 0 Å². The second-order valence-corrected chi connectivity index (χ2v) is 4.71. The van der Waals surface area contributed by atoms with Crippen LogP contribution in [0, 0.1) is 15.9 Å². The van der Waals surface area contributed by atoms with E-state index in [2.05, 4.69) is 10.1 Å². The number of anilines is 1. The maximum absolute atomic E-state index is 13.8. The molecule has 1 saturated heterocycles. The normalized spacial score (nSPS) is 21.1. The Morgan fingerprint density at radius 1 is 1.57 bits per heavy atom. The SMILES string of the molecule is COC(=O)c1cc(NC2CCOC2C)c([N+](=O)[O-])cc1F. The Morgan fingerprint density at radius 2 is 2.29 bits per heavy atom. The van der Waals surface area contributed by atoms with Gasteiger partial charge < -0.3 is 14.8 Å². The van der Waals surface area contributed by atoms with Crippen molar-refractivity contribution >= 4 is 17.3 Å². The number of carbonyl (C=O) groups excluding carboxylic acids is 1. The van der Waals surface area contributed by atoms with Crippen LogP contribution in [0.4, 0.5) is 15.8 Å². The molecule has 1 aromatic carbocycles. The van der Waals surface area contributed by atoms with Crippen LogP contribution in [0.3, 0.4) is 0 Å². The molecule has 21 heavy (non-hydrogen) atoms. The number of esters is 1. The number of benzene rings is 1. The Labute approximate surface area is 120 Å². The van der Waals surface area contributed by atoms with E-state index in [9.17, 15) is 19.3 Å². The fourth-order valence-corrected chi connectivity index (χ4v) is 2.22. The van der Waals surface area contributed by atoms with Crippen LogP contribution in [0.15, 0.2) is 12.1 Å². The number of nitro benzene ring substituents is 1. The highest BCUT2D eigenvalue weighted by Crippen LogP contribution is 2.30. The molecule has 0 saturated carbocycles. The summed E-state index contributed by atoms with van der Waals surface area (Å²) in [5, 5.41) is 14.0. The molecule has 0 aliphatic carbocycles. The van der Waals surface area contributed by atoms with Crippen molar-refractivity contribution in [2.45, 2.75) is 25.5 Å². The molecular weight excluding hydrogens is 283 g/mol. The van der Waals surface area contributed by atoms with Crippen molar-refractivity contribution in [1.82, 2.24) is 0 Å².